The molecule has 0 bridgehead atoms. The lowest BCUT2D eigenvalue weighted by molar-refractivity contribution is -0.134. The van der Waals surface area contributed by atoms with E-state index in [0.29, 0.717) is 18.0 Å². The van der Waals surface area contributed by atoms with Gasteiger partial charge in [-0.3, -0.25) is 9.69 Å². The van der Waals surface area contributed by atoms with Crippen LogP contribution in [0.2, 0.25) is 5.02 Å². The first-order chi connectivity index (χ1) is 15.4. The fraction of sp³-hybridized carbons (Fsp3) is 0.259. The molecule has 0 N–H and O–H groups in total. The molecule has 1 aliphatic heterocycles. The SMILES string of the molecule is Cc1ccc(C2=NN(C(=O)CN(C)Cc3ccccc3)[C@@H](c3ccccc3Cl)C2)cc1C. The molecule has 1 heterocycles. The molecule has 0 spiro atoms. The first-order valence-corrected chi connectivity index (χ1v) is 11.2. The van der Waals surface area contributed by atoms with E-state index in [1.807, 2.05) is 54.4 Å². The van der Waals surface area contributed by atoms with Gasteiger partial charge in [-0.05, 0) is 60.8 Å². The third-order valence-electron chi connectivity index (χ3n) is 5.97. The number of hydrogen-bond donors (Lipinski definition) is 0. The summed E-state index contributed by atoms with van der Waals surface area (Å²) in [4.78, 5) is 15.4. The van der Waals surface area contributed by atoms with Crippen LogP contribution in [0.3, 0.4) is 0 Å². The Morgan fingerprint density at radius 1 is 1.03 bits per heavy atom. The van der Waals surface area contributed by atoms with E-state index < -0.39 is 0 Å². The molecule has 4 nitrogen and oxygen atoms in total. The molecule has 3 aromatic carbocycles. The van der Waals surface area contributed by atoms with Crippen molar-refractivity contribution >= 4 is 23.2 Å². The predicted octanol–water partition coefficient (Wildman–Crippen LogP) is 5.77. The first kappa shape index (κ1) is 22.3. The average molecular weight is 446 g/mol. The largest absolute Gasteiger partial charge is 0.293 e. The fourth-order valence-electron chi connectivity index (χ4n) is 4.08. The van der Waals surface area contributed by atoms with Gasteiger partial charge in [-0.1, -0.05) is 72.3 Å². The van der Waals surface area contributed by atoms with Gasteiger partial charge >= 0.3 is 0 Å². The van der Waals surface area contributed by atoms with Crippen LogP contribution in [-0.2, 0) is 11.3 Å². The molecule has 0 unspecified atom stereocenters. The van der Waals surface area contributed by atoms with Gasteiger partial charge in [-0.25, -0.2) is 5.01 Å². The van der Waals surface area contributed by atoms with Crippen molar-refractivity contribution in [3.05, 3.63) is 106 Å². The molecule has 0 saturated heterocycles. The van der Waals surface area contributed by atoms with Crippen LogP contribution in [0, 0.1) is 13.8 Å². The highest BCUT2D eigenvalue weighted by atomic mass is 35.5. The summed E-state index contributed by atoms with van der Waals surface area (Å²) in [5.41, 5.74) is 6.52. The minimum atomic E-state index is -0.210. The monoisotopic (exact) mass is 445 g/mol. The van der Waals surface area contributed by atoms with Gasteiger partial charge in [0, 0.05) is 18.0 Å². The van der Waals surface area contributed by atoms with E-state index in [1.54, 1.807) is 5.01 Å². The lowest BCUT2D eigenvalue weighted by atomic mass is 9.96. The van der Waals surface area contributed by atoms with Gasteiger partial charge in [-0.2, -0.15) is 5.10 Å². The molecule has 3 aromatic rings. The number of rotatable bonds is 6. The number of aryl methyl sites for hydroxylation is 2. The maximum absolute atomic E-state index is 13.4. The van der Waals surface area contributed by atoms with Crippen molar-refractivity contribution < 1.29 is 4.79 Å². The van der Waals surface area contributed by atoms with Crippen LogP contribution in [0.25, 0.3) is 0 Å². The van der Waals surface area contributed by atoms with Crippen LogP contribution in [0.5, 0.6) is 0 Å². The summed E-state index contributed by atoms with van der Waals surface area (Å²) in [6.45, 7) is 5.17. The Balaban J connectivity index is 1.60. The van der Waals surface area contributed by atoms with Gasteiger partial charge in [-0.15, -0.1) is 0 Å². The van der Waals surface area contributed by atoms with E-state index in [2.05, 4.69) is 44.2 Å². The highest BCUT2D eigenvalue weighted by Gasteiger charge is 2.34. The molecular weight excluding hydrogens is 418 g/mol. The van der Waals surface area contributed by atoms with E-state index in [9.17, 15) is 4.79 Å². The molecule has 4 rings (SSSR count). The lowest BCUT2D eigenvalue weighted by Gasteiger charge is -2.25. The molecule has 5 heteroatoms. The number of carbonyl (C=O) groups is 1. The highest BCUT2D eigenvalue weighted by Crippen LogP contribution is 2.36. The van der Waals surface area contributed by atoms with Crippen LogP contribution in [0.15, 0.2) is 77.9 Å². The Labute approximate surface area is 195 Å². The van der Waals surface area contributed by atoms with Gasteiger partial charge in [0.1, 0.15) is 0 Å². The first-order valence-electron chi connectivity index (χ1n) is 10.9. The van der Waals surface area contributed by atoms with E-state index in [-0.39, 0.29) is 18.5 Å². The molecule has 0 aliphatic carbocycles. The predicted molar refractivity (Wildman–Crippen MR) is 131 cm³/mol. The van der Waals surface area contributed by atoms with Crippen LogP contribution >= 0.6 is 11.6 Å². The second kappa shape index (κ2) is 9.68. The topological polar surface area (TPSA) is 35.9 Å². The molecule has 1 aliphatic rings. The quantitative estimate of drug-likeness (QED) is 0.483. The number of halogens is 1. The van der Waals surface area contributed by atoms with Gasteiger partial charge in [0.2, 0.25) is 0 Å². The Hall–Kier alpha value is -2.95. The van der Waals surface area contributed by atoms with E-state index in [0.717, 1.165) is 16.8 Å². The molecule has 32 heavy (non-hydrogen) atoms. The van der Waals surface area contributed by atoms with Crippen molar-refractivity contribution in [1.29, 1.82) is 0 Å². The fourth-order valence-corrected chi connectivity index (χ4v) is 4.34. The number of hydrogen-bond acceptors (Lipinski definition) is 3. The van der Waals surface area contributed by atoms with Gasteiger partial charge in [0.05, 0.1) is 18.3 Å². The minimum absolute atomic E-state index is 0.0350. The zero-order valence-corrected chi connectivity index (χ0v) is 19.5. The molecule has 0 aromatic heterocycles. The van der Waals surface area contributed by atoms with Gasteiger partial charge in [0.25, 0.3) is 5.91 Å². The maximum atomic E-state index is 13.4. The molecule has 1 amide bonds. The molecular formula is C27H28ClN3O. The van der Waals surface area contributed by atoms with E-state index in [1.165, 1.54) is 16.7 Å². The lowest BCUT2D eigenvalue weighted by Crippen LogP contribution is -2.36. The van der Waals surface area contributed by atoms with Crippen LogP contribution in [-0.4, -0.2) is 35.1 Å². The minimum Gasteiger partial charge on any atom is -0.293 e. The normalized spacial score (nSPS) is 15.8. The number of carbonyl (C=O) groups excluding carboxylic acids is 1. The van der Waals surface area contributed by atoms with Crippen molar-refractivity contribution in [1.82, 2.24) is 9.91 Å². The summed E-state index contributed by atoms with van der Waals surface area (Å²) in [6, 6.07) is 24.0. The van der Waals surface area contributed by atoms with Crippen molar-refractivity contribution in [2.24, 2.45) is 5.10 Å². The van der Waals surface area contributed by atoms with Crippen molar-refractivity contribution in [3.63, 3.8) is 0 Å². The van der Waals surface area contributed by atoms with Crippen molar-refractivity contribution in [2.75, 3.05) is 13.6 Å². The number of nitrogens with zero attached hydrogens (tertiary/aromatic N) is 3. The Morgan fingerprint density at radius 3 is 2.47 bits per heavy atom. The number of benzene rings is 3. The smallest absolute Gasteiger partial charge is 0.257 e. The summed E-state index contributed by atoms with van der Waals surface area (Å²) in [5, 5.41) is 7.09. The zero-order chi connectivity index (χ0) is 22.7. The third kappa shape index (κ3) is 4.93. The van der Waals surface area contributed by atoms with E-state index in [4.69, 9.17) is 16.7 Å². The number of amides is 1. The Kier molecular flexibility index (Phi) is 6.73. The number of hydrazone groups is 1. The van der Waals surface area contributed by atoms with Crippen molar-refractivity contribution in [2.45, 2.75) is 32.9 Å². The Morgan fingerprint density at radius 2 is 1.75 bits per heavy atom. The molecule has 164 valence electrons. The van der Waals surface area contributed by atoms with Gasteiger partial charge in [0.15, 0.2) is 0 Å². The van der Waals surface area contributed by atoms with Crippen LogP contribution in [0.4, 0.5) is 0 Å². The van der Waals surface area contributed by atoms with E-state index >= 15 is 0 Å². The highest BCUT2D eigenvalue weighted by molar-refractivity contribution is 6.31. The molecule has 0 fully saturated rings. The molecule has 0 radical (unpaired) electrons. The second-order valence-electron chi connectivity index (χ2n) is 8.48. The summed E-state index contributed by atoms with van der Waals surface area (Å²) in [7, 11) is 1.96. The average Bonchev–Trinajstić information content (AvgIpc) is 3.22. The summed E-state index contributed by atoms with van der Waals surface area (Å²) in [6.07, 6.45) is 0.639. The van der Waals surface area contributed by atoms with Crippen LogP contribution < -0.4 is 0 Å². The molecule has 0 saturated carbocycles. The third-order valence-corrected chi connectivity index (χ3v) is 6.31. The standard InChI is InChI=1S/C27H28ClN3O/c1-19-13-14-22(15-20(19)2)25-16-26(23-11-7-8-12-24(23)28)31(29-25)27(32)18-30(3)17-21-9-5-4-6-10-21/h4-15,26H,16-18H2,1-3H3/t26-/m1/s1. The number of likely N-dealkylation sites (N-methyl/N-ethyl adjacent to an activating group) is 1. The van der Waals surface area contributed by atoms with Crippen molar-refractivity contribution in [3.8, 4) is 0 Å². The summed E-state index contributed by atoms with van der Waals surface area (Å²) >= 11 is 6.53. The summed E-state index contributed by atoms with van der Waals surface area (Å²) in [5.74, 6) is -0.0350. The summed E-state index contributed by atoms with van der Waals surface area (Å²) < 4.78 is 0. The van der Waals surface area contributed by atoms with Crippen LogP contribution in [0.1, 0.15) is 40.3 Å². The second-order valence-corrected chi connectivity index (χ2v) is 8.89. The maximum Gasteiger partial charge on any atom is 0.257 e. The Bertz CT molecular complexity index is 1140. The zero-order valence-electron chi connectivity index (χ0n) is 18.8. The molecule has 1 atom stereocenters. The van der Waals surface area contributed by atoms with Gasteiger partial charge < -0.3 is 0 Å².